The third-order valence-electron chi connectivity index (χ3n) is 0.979. The van der Waals surface area contributed by atoms with E-state index in [0.717, 1.165) is 27.4 Å². The minimum atomic E-state index is 0.733. The molecule has 2 unspecified atom stereocenters. The van der Waals surface area contributed by atoms with Crippen LogP contribution < -0.4 is 0 Å². The summed E-state index contributed by atoms with van der Waals surface area (Å²) in [5.41, 5.74) is 0. The van der Waals surface area contributed by atoms with Gasteiger partial charge < -0.3 is 0 Å². The molecule has 1 aliphatic rings. The molecule has 2 atom stereocenters. The molecule has 0 nitrogen and oxygen atoms in total. The van der Waals surface area contributed by atoms with Gasteiger partial charge in [-0.05, 0) is 0 Å². The Hall–Kier alpha value is 1.12. The van der Waals surface area contributed by atoms with Gasteiger partial charge in [0.25, 0.3) is 0 Å². The molecule has 0 bridgehead atoms. The van der Waals surface area contributed by atoms with E-state index in [0.29, 0.717) is 0 Å². The van der Waals surface area contributed by atoms with Crippen LogP contribution in [-0.4, -0.2) is 27.4 Å². The van der Waals surface area contributed by atoms with Crippen LogP contribution in [0, 0.1) is 0 Å². The first-order chi connectivity index (χ1) is 3.00. The number of rotatable bonds is 0. The van der Waals surface area contributed by atoms with Gasteiger partial charge >= 0.3 is 50.6 Å². The van der Waals surface area contributed by atoms with Gasteiger partial charge in [-0.25, -0.2) is 0 Å². The standard InChI is InChI=1S/C4H10As2/c1-2-4-6-5-3-1/h5-6H,1-4H2. The van der Waals surface area contributed by atoms with E-state index < -0.39 is 0 Å². The average molecular weight is 208 g/mol. The Balaban J connectivity index is 2.00. The predicted molar refractivity (Wildman–Crippen MR) is 33.1 cm³/mol. The van der Waals surface area contributed by atoms with E-state index in [1.54, 1.807) is 23.3 Å². The van der Waals surface area contributed by atoms with Gasteiger partial charge in [-0.2, -0.15) is 0 Å². The minimum absolute atomic E-state index is 0.733. The van der Waals surface area contributed by atoms with Crippen LogP contribution in [0.2, 0.25) is 10.4 Å². The molecule has 36 valence electrons. The summed E-state index contributed by atoms with van der Waals surface area (Å²) in [5.74, 6) is 0. The summed E-state index contributed by atoms with van der Waals surface area (Å²) in [7, 11) is 0. The van der Waals surface area contributed by atoms with E-state index >= 15 is 0 Å². The Morgan fingerprint density at radius 1 is 0.833 bits per heavy atom. The van der Waals surface area contributed by atoms with E-state index in [9.17, 15) is 0 Å². The second-order valence-electron chi connectivity index (χ2n) is 1.56. The molecule has 0 spiro atoms. The molecule has 0 radical (unpaired) electrons. The summed E-state index contributed by atoms with van der Waals surface area (Å²) < 4.78 is 0. The van der Waals surface area contributed by atoms with Crippen LogP contribution in [0.5, 0.6) is 0 Å². The Morgan fingerprint density at radius 2 is 1.33 bits per heavy atom. The summed E-state index contributed by atoms with van der Waals surface area (Å²) >= 11 is 1.47. The normalized spacial score (nSPS) is 32.0. The molecular weight excluding hydrogens is 198 g/mol. The molecular formula is C4H10As2. The molecule has 0 aromatic heterocycles. The maximum absolute atomic E-state index is 1.68. The third-order valence-corrected chi connectivity index (χ3v) is 12.2. The van der Waals surface area contributed by atoms with Gasteiger partial charge in [-0.15, -0.1) is 0 Å². The molecule has 0 aromatic carbocycles. The zero-order chi connectivity index (χ0) is 4.24. The van der Waals surface area contributed by atoms with Gasteiger partial charge in [0, 0.05) is 0 Å². The van der Waals surface area contributed by atoms with Crippen molar-refractivity contribution < 1.29 is 0 Å². The molecule has 2 heteroatoms. The first-order valence-electron chi connectivity index (χ1n) is 2.46. The van der Waals surface area contributed by atoms with Crippen LogP contribution in [0.3, 0.4) is 0 Å². The second-order valence-corrected chi connectivity index (χ2v) is 12.9. The molecule has 0 N–H and O–H groups in total. The van der Waals surface area contributed by atoms with Gasteiger partial charge in [-0.3, -0.25) is 0 Å². The fourth-order valence-corrected chi connectivity index (χ4v) is 10.8. The van der Waals surface area contributed by atoms with E-state index in [2.05, 4.69) is 0 Å². The topological polar surface area (TPSA) is 0 Å². The Labute approximate surface area is 50.7 Å². The SMILES string of the molecule is C1CC[AsH][AsH]C1. The van der Waals surface area contributed by atoms with Gasteiger partial charge in [0.2, 0.25) is 0 Å². The van der Waals surface area contributed by atoms with E-state index in [-0.39, 0.29) is 0 Å². The molecule has 0 saturated carbocycles. The fourth-order valence-electron chi connectivity index (χ4n) is 0.604. The first-order valence-corrected chi connectivity index (χ1v) is 11.9. The van der Waals surface area contributed by atoms with Crippen LogP contribution in [0.4, 0.5) is 0 Å². The van der Waals surface area contributed by atoms with E-state index in [4.69, 9.17) is 0 Å². The summed E-state index contributed by atoms with van der Waals surface area (Å²) in [6.07, 6.45) is 3.17. The Kier molecular flexibility index (Phi) is 2.77. The van der Waals surface area contributed by atoms with Gasteiger partial charge in [0.15, 0.2) is 0 Å². The maximum atomic E-state index is 1.68. The Bertz CT molecular complexity index is 21.0. The van der Waals surface area contributed by atoms with Gasteiger partial charge in [0.1, 0.15) is 0 Å². The van der Waals surface area contributed by atoms with Crippen molar-refractivity contribution in [1.82, 2.24) is 0 Å². The Morgan fingerprint density at radius 3 is 1.50 bits per heavy atom. The van der Waals surface area contributed by atoms with E-state index in [1.807, 2.05) is 0 Å². The third kappa shape index (κ3) is 1.71. The molecule has 1 rings (SSSR count). The van der Waals surface area contributed by atoms with Crippen molar-refractivity contribution in [3.63, 3.8) is 0 Å². The summed E-state index contributed by atoms with van der Waals surface area (Å²) in [6.45, 7) is 0. The first kappa shape index (κ1) is 5.26. The van der Waals surface area contributed by atoms with Crippen LogP contribution in [-0.2, 0) is 0 Å². The molecule has 1 saturated heterocycles. The summed E-state index contributed by atoms with van der Waals surface area (Å²) in [6, 6.07) is 0. The van der Waals surface area contributed by atoms with Crippen LogP contribution >= 0.6 is 0 Å². The van der Waals surface area contributed by atoms with Crippen molar-refractivity contribution >= 4 is 27.4 Å². The number of hydrogen-bond donors (Lipinski definition) is 0. The summed E-state index contributed by atoms with van der Waals surface area (Å²) in [5, 5.41) is 3.36. The molecule has 0 aliphatic carbocycles. The van der Waals surface area contributed by atoms with Crippen molar-refractivity contribution in [1.29, 1.82) is 0 Å². The van der Waals surface area contributed by atoms with Gasteiger partial charge in [0.05, 0.1) is 0 Å². The van der Waals surface area contributed by atoms with Crippen molar-refractivity contribution in [2.24, 2.45) is 0 Å². The van der Waals surface area contributed by atoms with Crippen LogP contribution in [0.25, 0.3) is 0 Å². The fraction of sp³-hybridized carbons (Fsp3) is 1.00. The monoisotopic (exact) mass is 208 g/mol. The van der Waals surface area contributed by atoms with Crippen molar-refractivity contribution in [2.75, 3.05) is 0 Å². The second kappa shape index (κ2) is 3.16. The molecule has 1 heterocycles. The summed E-state index contributed by atoms with van der Waals surface area (Å²) in [4.78, 5) is 0. The van der Waals surface area contributed by atoms with E-state index in [1.165, 1.54) is 0 Å². The van der Waals surface area contributed by atoms with Crippen LogP contribution in [0.1, 0.15) is 12.8 Å². The van der Waals surface area contributed by atoms with Crippen molar-refractivity contribution in [3.05, 3.63) is 0 Å². The number of hydrogen-bond acceptors (Lipinski definition) is 0. The molecule has 1 fully saturated rings. The van der Waals surface area contributed by atoms with Crippen LogP contribution in [0.15, 0.2) is 0 Å². The quantitative estimate of drug-likeness (QED) is 0.505. The van der Waals surface area contributed by atoms with Crippen molar-refractivity contribution in [2.45, 2.75) is 23.3 Å². The van der Waals surface area contributed by atoms with Crippen molar-refractivity contribution in [3.8, 4) is 0 Å². The average Bonchev–Trinajstić information content (AvgIpc) is 1.72. The zero-order valence-electron chi connectivity index (χ0n) is 3.83. The van der Waals surface area contributed by atoms with Gasteiger partial charge in [-0.1, -0.05) is 0 Å². The zero-order valence-corrected chi connectivity index (χ0v) is 8.02. The molecule has 0 aromatic rings. The molecule has 6 heavy (non-hydrogen) atoms. The molecule has 1 aliphatic heterocycles. The molecule has 0 amide bonds. The predicted octanol–water partition coefficient (Wildman–Crippen LogP) is 0.405.